The number of benzene rings is 1. The van der Waals surface area contributed by atoms with E-state index in [0.717, 1.165) is 36.4 Å². The average molecular weight is 435 g/mol. The molecule has 30 heavy (non-hydrogen) atoms. The van der Waals surface area contributed by atoms with Crippen LogP contribution >= 0.6 is 11.6 Å². The summed E-state index contributed by atoms with van der Waals surface area (Å²) in [5, 5.41) is 4.34. The first-order valence-corrected chi connectivity index (χ1v) is 10.9. The van der Waals surface area contributed by atoms with Crippen molar-refractivity contribution in [3.63, 3.8) is 0 Å². The van der Waals surface area contributed by atoms with Crippen LogP contribution in [0, 0.1) is 0 Å². The van der Waals surface area contributed by atoms with Gasteiger partial charge in [-0.15, -0.1) is 0 Å². The van der Waals surface area contributed by atoms with Gasteiger partial charge in [-0.2, -0.15) is 5.01 Å². The Bertz CT molecular complexity index is 810. The van der Waals surface area contributed by atoms with Gasteiger partial charge in [-0.3, -0.25) is 19.9 Å². The first kappa shape index (κ1) is 21.1. The highest BCUT2D eigenvalue weighted by atomic mass is 35.5. The molecule has 162 valence electrons. The fourth-order valence-electron chi connectivity index (χ4n) is 4.44. The predicted molar refractivity (Wildman–Crippen MR) is 111 cm³/mol. The van der Waals surface area contributed by atoms with Crippen molar-refractivity contribution in [2.45, 2.75) is 50.2 Å². The normalized spacial score (nSPS) is 24.2. The number of rotatable bonds is 5. The molecular formula is C21H27ClN4O4. The molecule has 1 aromatic rings. The molecule has 2 heterocycles. The van der Waals surface area contributed by atoms with Gasteiger partial charge in [0.15, 0.2) is 0 Å². The van der Waals surface area contributed by atoms with Gasteiger partial charge in [-0.25, -0.2) is 4.79 Å². The first-order chi connectivity index (χ1) is 14.5. The molecule has 2 N–H and O–H groups in total. The quantitative estimate of drug-likeness (QED) is 0.694. The number of halogens is 1. The van der Waals surface area contributed by atoms with Crippen LogP contribution in [0.4, 0.5) is 4.79 Å². The molecule has 3 aliphatic rings. The van der Waals surface area contributed by atoms with E-state index in [1.165, 1.54) is 0 Å². The summed E-state index contributed by atoms with van der Waals surface area (Å²) in [6, 6.07) is 7.03. The second-order valence-corrected chi connectivity index (χ2v) is 8.65. The maximum Gasteiger partial charge on any atom is 0.344 e. The number of hydrazine groups is 1. The number of imide groups is 1. The van der Waals surface area contributed by atoms with Crippen LogP contribution in [0.25, 0.3) is 0 Å². The molecule has 1 saturated carbocycles. The average Bonchev–Trinajstić information content (AvgIpc) is 2.97. The molecule has 8 nitrogen and oxygen atoms in total. The van der Waals surface area contributed by atoms with E-state index in [2.05, 4.69) is 15.6 Å². The molecule has 0 aromatic heterocycles. The highest BCUT2D eigenvalue weighted by molar-refractivity contribution is 6.30. The Labute approximate surface area is 180 Å². The van der Waals surface area contributed by atoms with Crippen LogP contribution in [0.15, 0.2) is 24.3 Å². The predicted octanol–water partition coefficient (Wildman–Crippen LogP) is 2.39. The van der Waals surface area contributed by atoms with Gasteiger partial charge in [-0.1, -0.05) is 43.0 Å². The van der Waals surface area contributed by atoms with E-state index in [1.807, 2.05) is 24.3 Å². The molecule has 1 spiro atoms. The Kier molecular flexibility index (Phi) is 6.26. The minimum atomic E-state index is -0.835. The molecule has 1 aliphatic carbocycles. The summed E-state index contributed by atoms with van der Waals surface area (Å²) in [7, 11) is 0. The molecule has 4 amide bonds. The molecule has 0 radical (unpaired) electrons. The second-order valence-electron chi connectivity index (χ2n) is 8.21. The van der Waals surface area contributed by atoms with E-state index in [9.17, 15) is 14.4 Å². The monoisotopic (exact) mass is 434 g/mol. The highest BCUT2D eigenvalue weighted by Crippen LogP contribution is 2.33. The molecular weight excluding hydrogens is 408 g/mol. The van der Waals surface area contributed by atoms with Crippen LogP contribution < -0.4 is 10.7 Å². The van der Waals surface area contributed by atoms with Crippen molar-refractivity contribution < 1.29 is 19.1 Å². The minimum absolute atomic E-state index is 0.0730. The summed E-state index contributed by atoms with van der Waals surface area (Å²) in [5.74, 6) is -0.685. The minimum Gasteiger partial charge on any atom is -0.371 e. The van der Waals surface area contributed by atoms with Crippen LogP contribution in [-0.2, 0) is 14.3 Å². The summed E-state index contributed by atoms with van der Waals surface area (Å²) in [4.78, 5) is 39.6. The van der Waals surface area contributed by atoms with Crippen molar-refractivity contribution >= 4 is 29.4 Å². The zero-order valence-electron chi connectivity index (χ0n) is 16.9. The Hall–Kier alpha value is -2.16. The number of hydrogen-bond acceptors (Lipinski definition) is 5. The lowest BCUT2D eigenvalue weighted by Crippen LogP contribution is -2.51. The third kappa shape index (κ3) is 4.45. The fraction of sp³-hybridized carbons (Fsp3) is 0.571. The molecule has 1 aromatic carbocycles. The zero-order chi connectivity index (χ0) is 21.1. The molecule has 0 bridgehead atoms. The smallest absolute Gasteiger partial charge is 0.344 e. The van der Waals surface area contributed by atoms with Gasteiger partial charge in [-0.05, 0) is 30.5 Å². The standard InChI is InChI=1S/C21H27ClN4O4/c22-16-6-4-15(5-7-16)17-14-25(12-13-30-17)11-8-18(27)24-26-19(28)21(23-20(26)29)9-2-1-3-10-21/h4-7,17H,1-3,8-14H2,(H,23,29)(H,24,27)/t17-/m1/s1. The molecule has 0 unspecified atom stereocenters. The van der Waals surface area contributed by atoms with Crippen LogP contribution in [0.2, 0.25) is 5.02 Å². The number of hydrogen-bond donors (Lipinski definition) is 2. The number of nitrogens with one attached hydrogen (secondary N) is 2. The molecule has 3 fully saturated rings. The van der Waals surface area contributed by atoms with E-state index in [4.69, 9.17) is 16.3 Å². The molecule has 1 atom stereocenters. The Morgan fingerprint density at radius 3 is 2.67 bits per heavy atom. The van der Waals surface area contributed by atoms with Gasteiger partial charge in [0.2, 0.25) is 5.91 Å². The van der Waals surface area contributed by atoms with Gasteiger partial charge in [0.1, 0.15) is 5.54 Å². The van der Waals surface area contributed by atoms with Crippen LogP contribution in [0.3, 0.4) is 0 Å². The van der Waals surface area contributed by atoms with Crippen molar-refractivity contribution in [1.82, 2.24) is 20.7 Å². The van der Waals surface area contributed by atoms with E-state index in [-0.39, 0.29) is 24.3 Å². The topological polar surface area (TPSA) is 91.0 Å². The number of morpholine rings is 1. The number of carbonyl (C=O) groups excluding carboxylic acids is 3. The number of nitrogens with zero attached hydrogens (tertiary/aromatic N) is 2. The summed E-state index contributed by atoms with van der Waals surface area (Å²) in [6.07, 6.45) is 4.24. The summed E-state index contributed by atoms with van der Waals surface area (Å²) in [6.45, 7) is 2.49. The van der Waals surface area contributed by atoms with Gasteiger partial charge >= 0.3 is 6.03 Å². The lowest BCUT2D eigenvalue weighted by atomic mass is 9.82. The van der Waals surface area contributed by atoms with Crippen molar-refractivity contribution in [2.24, 2.45) is 0 Å². The summed E-state index contributed by atoms with van der Waals surface area (Å²) >= 11 is 5.95. The largest absolute Gasteiger partial charge is 0.371 e. The first-order valence-electron chi connectivity index (χ1n) is 10.5. The van der Waals surface area contributed by atoms with Crippen molar-refractivity contribution in [3.8, 4) is 0 Å². The Morgan fingerprint density at radius 1 is 1.20 bits per heavy atom. The Balaban J connectivity index is 1.28. The fourth-order valence-corrected chi connectivity index (χ4v) is 4.57. The third-order valence-electron chi connectivity index (χ3n) is 6.15. The zero-order valence-corrected chi connectivity index (χ0v) is 17.6. The molecule has 9 heteroatoms. The van der Waals surface area contributed by atoms with E-state index in [1.54, 1.807) is 0 Å². The number of ether oxygens (including phenoxy) is 1. The molecule has 4 rings (SSSR count). The second kappa shape index (κ2) is 8.91. The van der Waals surface area contributed by atoms with Crippen LogP contribution in [0.1, 0.15) is 50.2 Å². The Morgan fingerprint density at radius 2 is 1.93 bits per heavy atom. The number of urea groups is 1. The van der Waals surface area contributed by atoms with Gasteiger partial charge in [0.25, 0.3) is 5.91 Å². The maximum absolute atomic E-state index is 12.7. The lowest BCUT2D eigenvalue weighted by Gasteiger charge is -2.33. The SMILES string of the molecule is O=C(CCN1CCO[C@@H](c2ccc(Cl)cc2)C1)NN1C(=O)NC2(CCCCC2)C1=O. The number of amides is 4. The molecule has 2 saturated heterocycles. The number of carbonyl (C=O) groups is 3. The van der Waals surface area contributed by atoms with Gasteiger partial charge in [0.05, 0.1) is 12.7 Å². The van der Waals surface area contributed by atoms with Crippen molar-refractivity contribution in [3.05, 3.63) is 34.9 Å². The van der Waals surface area contributed by atoms with E-state index >= 15 is 0 Å². The van der Waals surface area contributed by atoms with Crippen LogP contribution in [0.5, 0.6) is 0 Å². The van der Waals surface area contributed by atoms with E-state index in [0.29, 0.717) is 37.6 Å². The third-order valence-corrected chi connectivity index (χ3v) is 6.40. The van der Waals surface area contributed by atoms with Gasteiger partial charge < -0.3 is 10.1 Å². The highest BCUT2D eigenvalue weighted by Gasteiger charge is 2.52. The van der Waals surface area contributed by atoms with Gasteiger partial charge in [0, 0.05) is 31.1 Å². The lowest BCUT2D eigenvalue weighted by molar-refractivity contribution is -0.140. The van der Waals surface area contributed by atoms with Crippen molar-refractivity contribution in [2.75, 3.05) is 26.2 Å². The summed E-state index contributed by atoms with van der Waals surface area (Å²) in [5.41, 5.74) is 2.71. The maximum atomic E-state index is 12.7. The van der Waals surface area contributed by atoms with Crippen LogP contribution in [-0.4, -0.2) is 59.5 Å². The molecule has 2 aliphatic heterocycles. The van der Waals surface area contributed by atoms with Crippen molar-refractivity contribution in [1.29, 1.82) is 0 Å². The summed E-state index contributed by atoms with van der Waals surface area (Å²) < 4.78 is 5.85. The van der Waals surface area contributed by atoms with E-state index < -0.39 is 11.6 Å².